The van der Waals surface area contributed by atoms with Gasteiger partial charge in [0, 0.05) is 23.5 Å². The zero-order valence-electron chi connectivity index (χ0n) is 17.7. The summed E-state index contributed by atoms with van der Waals surface area (Å²) in [4.78, 5) is 12.3. The minimum absolute atomic E-state index is 0.624. The van der Waals surface area contributed by atoms with Gasteiger partial charge in [-0.3, -0.25) is 0 Å². The topological polar surface area (TPSA) is 50.3 Å². The Hall–Kier alpha value is -3.38. The molecule has 0 aliphatic carbocycles. The van der Waals surface area contributed by atoms with E-state index >= 15 is 0 Å². The maximum Gasteiger partial charge on any atom is 0.141 e. The monoisotopic (exact) mass is 428 g/mol. The van der Waals surface area contributed by atoms with Crippen molar-refractivity contribution in [3.8, 4) is 16.9 Å². The van der Waals surface area contributed by atoms with E-state index in [1.807, 2.05) is 6.92 Å². The first-order valence-electron chi connectivity index (χ1n) is 10.3. The number of rotatable bonds is 4. The Labute approximate surface area is 186 Å². The minimum Gasteiger partial charge on any atom is -0.491 e. The van der Waals surface area contributed by atoms with Gasteiger partial charge in [0.05, 0.1) is 11.9 Å². The number of hydrogen-bond donors (Lipinski definition) is 1. The Bertz CT molecular complexity index is 1280. The number of anilines is 2. The van der Waals surface area contributed by atoms with Crippen LogP contribution in [0.2, 0.25) is 0 Å². The van der Waals surface area contributed by atoms with Crippen molar-refractivity contribution in [1.29, 1.82) is 0 Å². The van der Waals surface area contributed by atoms with E-state index in [1.54, 1.807) is 17.7 Å². The second kappa shape index (κ2) is 8.04. The summed E-state index contributed by atoms with van der Waals surface area (Å²) < 4.78 is 6.07. The van der Waals surface area contributed by atoms with E-state index in [9.17, 15) is 0 Å². The molecule has 0 spiro atoms. The molecule has 31 heavy (non-hydrogen) atoms. The van der Waals surface area contributed by atoms with E-state index in [0.29, 0.717) is 6.61 Å². The third kappa shape index (κ3) is 3.86. The van der Waals surface area contributed by atoms with Gasteiger partial charge in [-0.25, -0.2) is 9.97 Å². The molecule has 0 radical (unpaired) electrons. The molecule has 5 rings (SSSR count). The van der Waals surface area contributed by atoms with Gasteiger partial charge in [0.2, 0.25) is 0 Å². The zero-order valence-corrected chi connectivity index (χ0v) is 18.5. The van der Waals surface area contributed by atoms with Gasteiger partial charge in [-0.1, -0.05) is 24.8 Å². The summed E-state index contributed by atoms with van der Waals surface area (Å²) in [6.45, 7) is 10.2. The SMILES string of the molecule is C=C(C)Nc1cc(-c2ccc3c(c2)CN(c2ncnc4sccc24)CCO3)ccc1C. The number of aromatic nitrogens is 2. The van der Waals surface area contributed by atoms with Crippen LogP contribution in [-0.4, -0.2) is 23.1 Å². The summed E-state index contributed by atoms with van der Waals surface area (Å²) in [6.07, 6.45) is 1.65. The molecule has 1 aliphatic rings. The molecule has 0 fully saturated rings. The fourth-order valence-corrected chi connectivity index (χ4v) is 4.68. The molecule has 0 saturated heterocycles. The van der Waals surface area contributed by atoms with Crippen molar-refractivity contribution >= 4 is 33.1 Å². The van der Waals surface area contributed by atoms with E-state index in [-0.39, 0.29) is 0 Å². The second-order valence-electron chi connectivity index (χ2n) is 7.86. The van der Waals surface area contributed by atoms with Crippen molar-refractivity contribution in [1.82, 2.24) is 9.97 Å². The maximum atomic E-state index is 6.07. The molecular formula is C25H24N4OS. The van der Waals surface area contributed by atoms with Gasteiger partial charge in [-0.2, -0.15) is 0 Å². The average Bonchev–Trinajstić information content (AvgIpc) is 3.14. The summed E-state index contributed by atoms with van der Waals surface area (Å²) in [5.41, 5.74) is 6.69. The first-order chi connectivity index (χ1) is 15.1. The van der Waals surface area contributed by atoms with Crippen LogP contribution in [0.15, 0.2) is 66.4 Å². The van der Waals surface area contributed by atoms with E-state index in [2.05, 4.69) is 81.5 Å². The van der Waals surface area contributed by atoms with E-state index in [1.165, 1.54) is 5.56 Å². The largest absolute Gasteiger partial charge is 0.491 e. The molecule has 5 nitrogen and oxygen atoms in total. The lowest BCUT2D eigenvalue weighted by Gasteiger charge is -2.21. The molecule has 3 heterocycles. The third-order valence-corrected chi connectivity index (χ3v) is 6.32. The summed E-state index contributed by atoms with van der Waals surface area (Å²) >= 11 is 1.64. The number of benzene rings is 2. The van der Waals surface area contributed by atoms with Gasteiger partial charge < -0.3 is 15.0 Å². The fraction of sp³-hybridized carbons (Fsp3) is 0.200. The summed E-state index contributed by atoms with van der Waals surface area (Å²) in [6, 6.07) is 15.0. The first kappa shape index (κ1) is 19.6. The van der Waals surface area contributed by atoms with E-state index in [0.717, 1.165) is 62.9 Å². The lowest BCUT2D eigenvalue weighted by Crippen LogP contribution is -2.26. The molecule has 0 saturated carbocycles. The van der Waals surface area contributed by atoms with Gasteiger partial charge in [-0.15, -0.1) is 11.3 Å². The van der Waals surface area contributed by atoms with Gasteiger partial charge in [0.15, 0.2) is 0 Å². The van der Waals surface area contributed by atoms with Crippen LogP contribution >= 0.6 is 11.3 Å². The quantitative estimate of drug-likeness (QED) is 0.431. The number of nitrogens with zero attached hydrogens (tertiary/aromatic N) is 3. The predicted octanol–water partition coefficient (Wildman–Crippen LogP) is 6.01. The zero-order chi connectivity index (χ0) is 21.4. The molecule has 0 atom stereocenters. The van der Waals surface area contributed by atoms with Crippen LogP contribution in [0.25, 0.3) is 21.3 Å². The van der Waals surface area contributed by atoms with Crippen LogP contribution in [0, 0.1) is 6.92 Å². The van der Waals surface area contributed by atoms with Gasteiger partial charge >= 0.3 is 0 Å². The van der Waals surface area contributed by atoms with E-state index < -0.39 is 0 Å². The summed E-state index contributed by atoms with van der Waals surface area (Å²) in [5.74, 6) is 1.91. The van der Waals surface area contributed by atoms with Crippen molar-refractivity contribution < 1.29 is 4.74 Å². The lowest BCUT2D eigenvalue weighted by atomic mass is 10.00. The smallest absolute Gasteiger partial charge is 0.141 e. The average molecular weight is 429 g/mol. The highest BCUT2D eigenvalue weighted by atomic mass is 32.1. The van der Waals surface area contributed by atoms with Crippen LogP contribution < -0.4 is 15.0 Å². The highest BCUT2D eigenvalue weighted by molar-refractivity contribution is 7.16. The Morgan fingerprint density at radius 1 is 1.13 bits per heavy atom. The highest BCUT2D eigenvalue weighted by Gasteiger charge is 2.20. The number of allylic oxidation sites excluding steroid dienone is 1. The lowest BCUT2D eigenvalue weighted by molar-refractivity contribution is 0.331. The molecule has 2 aromatic heterocycles. The molecule has 4 aromatic rings. The molecular weight excluding hydrogens is 404 g/mol. The number of hydrogen-bond acceptors (Lipinski definition) is 6. The Balaban J connectivity index is 1.51. The van der Waals surface area contributed by atoms with Crippen LogP contribution in [0.5, 0.6) is 5.75 Å². The number of nitrogens with one attached hydrogen (secondary N) is 1. The third-order valence-electron chi connectivity index (χ3n) is 5.50. The Kier molecular flexibility index (Phi) is 5.08. The Morgan fingerprint density at radius 2 is 1.97 bits per heavy atom. The standard InChI is InChI=1S/C25H24N4OS/c1-16(2)28-22-13-19(5-4-17(22)3)18-6-7-23-20(12-18)14-29(9-10-30-23)24-21-8-11-31-25(21)27-15-26-24/h4-8,11-13,15,28H,1,9-10,14H2,2-3H3. The number of ether oxygens (including phenoxy) is 1. The first-order valence-corrected chi connectivity index (χ1v) is 11.2. The van der Waals surface area contributed by atoms with Gasteiger partial charge in [0.1, 0.15) is 29.3 Å². The molecule has 0 amide bonds. The molecule has 1 N–H and O–H groups in total. The summed E-state index contributed by atoms with van der Waals surface area (Å²) in [5, 5.41) is 6.52. The number of thiophene rings is 1. The maximum absolute atomic E-state index is 6.07. The highest BCUT2D eigenvalue weighted by Crippen LogP contribution is 2.34. The normalized spacial score (nSPS) is 13.4. The van der Waals surface area contributed by atoms with E-state index in [4.69, 9.17) is 4.74 Å². The molecule has 156 valence electrons. The van der Waals surface area contributed by atoms with Crippen molar-refractivity contribution in [2.75, 3.05) is 23.4 Å². The van der Waals surface area contributed by atoms with Crippen LogP contribution in [0.3, 0.4) is 0 Å². The molecule has 0 unspecified atom stereocenters. The molecule has 2 aromatic carbocycles. The van der Waals surface area contributed by atoms with Crippen LogP contribution in [0.4, 0.5) is 11.5 Å². The predicted molar refractivity (Wildman–Crippen MR) is 129 cm³/mol. The number of aryl methyl sites for hydroxylation is 1. The van der Waals surface area contributed by atoms with Crippen LogP contribution in [0.1, 0.15) is 18.1 Å². The summed E-state index contributed by atoms with van der Waals surface area (Å²) in [7, 11) is 0. The number of fused-ring (bicyclic) bond motifs is 2. The molecule has 6 heteroatoms. The van der Waals surface area contributed by atoms with Gasteiger partial charge in [0.25, 0.3) is 0 Å². The Morgan fingerprint density at radius 3 is 2.84 bits per heavy atom. The molecule has 0 bridgehead atoms. The van der Waals surface area contributed by atoms with Crippen molar-refractivity contribution in [2.24, 2.45) is 0 Å². The molecule has 1 aliphatic heterocycles. The van der Waals surface area contributed by atoms with Crippen molar-refractivity contribution in [3.05, 3.63) is 77.6 Å². The second-order valence-corrected chi connectivity index (χ2v) is 8.76. The minimum atomic E-state index is 0.624. The fourth-order valence-electron chi connectivity index (χ4n) is 3.95. The van der Waals surface area contributed by atoms with Crippen molar-refractivity contribution in [3.63, 3.8) is 0 Å². The van der Waals surface area contributed by atoms with Crippen LogP contribution in [-0.2, 0) is 6.54 Å². The van der Waals surface area contributed by atoms with Gasteiger partial charge in [-0.05, 0) is 60.2 Å². The van der Waals surface area contributed by atoms with Crippen molar-refractivity contribution in [2.45, 2.75) is 20.4 Å².